The summed E-state index contributed by atoms with van der Waals surface area (Å²) in [5.41, 5.74) is 10.6. The SMILES string of the molecule is N#Cc1c(N)nc(N)nc1N(CC1CC1)c1nc2c(F)ccc(Cl)c2c(=O)n1-c1cncc(F)c1. The number of fused-ring (bicyclic) bond motifs is 1. The Labute approximate surface area is 201 Å². The Kier molecular flexibility index (Phi) is 5.41. The van der Waals surface area contributed by atoms with E-state index in [0.29, 0.717) is 0 Å². The number of hydrogen-bond acceptors (Lipinski definition) is 9. The summed E-state index contributed by atoms with van der Waals surface area (Å²) in [6.07, 6.45) is 3.96. The van der Waals surface area contributed by atoms with Gasteiger partial charge in [-0.2, -0.15) is 15.2 Å². The molecule has 3 heterocycles. The van der Waals surface area contributed by atoms with Crippen LogP contribution in [-0.4, -0.2) is 31.0 Å². The highest BCUT2D eigenvalue weighted by atomic mass is 35.5. The van der Waals surface area contributed by atoms with Crippen LogP contribution in [0.2, 0.25) is 5.02 Å². The summed E-state index contributed by atoms with van der Waals surface area (Å²) in [5.74, 6) is -1.89. The van der Waals surface area contributed by atoms with E-state index < -0.39 is 17.2 Å². The average molecular weight is 496 g/mol. The zero-order valence-corrected chi connectivity index (χ0v) is 18.7. The Morgan fingerprint density at radius 3 is 2.66 bits per heavy atom. The van der Waals surface area contributed by atoms with Crippen molar-refractivity contribution >= 4 is 46.0 Å². The number of hydrogen-bond donors (Lipinski definition) is 2. The molecule has 4 aromatic rings. The van der Waals surface area contributed by atoms with Crippen molar-refractivity contribution in [3.05, 3.63) is 63.2 Å². The van der Waals surface area contributed by atoms with Gasteiger partial charge in [0.2, 0.25) is 11.9 Å². The highest BCUT2D eigenvalue weighted by Crippen LogP contribution is 2.37. The van der Waals surface area contributed by atoms with Gasteiger partial charge >= 0.3 is 0 Å². The fourth-order valence-corrected chi connectivity index (χ4v) is 3.98. The van der Waals surface area contributed by atoms with E-state index in [2.05, 4.69) is 19.9 Å². The lowest BCUT2D eigenvalue weighted by atomic mass is 10.2. The Morgan fingerprint density at radius 2 is 1.97 bits per heavy atom. The van der Waals surface area contributed by atoms with Gasteiger partial charge in [-0.3, -0.25) is 14.7 Å². The predicted molar refractivity (Wildman–Crippen MR) is 125 cm³/mol. The van der Waals surface area contributed by atoms with Crippen LogP contribution in [0.15, 0.2) is 35.4 Å². The lowest BCUT2D eigenvalue weighted by Crippen LogP contribution is -2.32. The summed E-state index contributed by atoms with van der Waals surface area (Å²) >= 11 is 6.24. The summed E-state index contributed by atoms with van der Waals surface area (Å²) in [6, 6.07) is 5.34. The lowest BCUT2D eigenvalue weighted by molar-refractivity contribution is 0.619. The third-order valence-corrected chi connectivity index (χ3v) is 5.85. The second-order valence-corrected chi connectivity index (χ2v) is 8.41. The lowest BCUT2D eigenvalue weighted by Gasteiger charge is -2.27. The molecule has 0 saturated heterocycles. The molecule has 5 rings (SSSR count). The molecule has 0 aliphatic heterocycles. The smallest absolute Gasteiger partial charge is 0.269 e. The van der Waals surface area contributed by atoms with E-state index in [-0.39, 0.29) is 63.2 Å². The van der Waals surface area contributed by atoms with Gasteiger partial charge in [0.25, 0.3) is 5.56 Å². The van der Waals surface area contributed by atoms with E-state index in [1.165, 1.54) is 17.2 Å². The molecule has 0 radical (unpaired) electrons. The number of rotatable bonds is 5. The molecule has 1 fully saturated rings. The van der Waals surface area contributed by atoms with Crippen molar-refractivity contribution in [3.8, 4) is 11.8 Å². The molecule has 0 unspecified atom stereocenters. The van der Waals surface area contributed by atoms with Gasteiger partial charge in [0.15, 0.2) is 5.82 Å². The number of nitrogens with zero attached hydrogens (tertiary/aromatic N) is 7. The zero-order chi connectivity index (χ0) is 24.9. The van der Waals surface area contributed by atoms with Crippen LogP contribution in [0.25, 0.3) is 16.6 Å². The molecule has 176 valence electrons. The molecule has 0 amide bonds. The second-order valence-electron chi connectivity index (χ2n) is 8.00. The quantitative estimate of drug-likeness (QED) is 0.425. The summed E-state index contributed by atoms with van der Waals surface area (Å²) < 4.78 is 30.1. The minimum Gasteiger partial charge on any atom is -0.382 e. The maximum Gasteiger partial charge on any atom is 0.269 e. The van der Waals surface area contributed by atoms with Crippen molar-refractivity contribution < 1.29 is 8.78 Å². The molecule has 1 saturated carbocycles. The molecule has 0 spiro atoms. The molecule has 35 heavy (non-hydrogen) atoms. The van der Waals surface area contributed by atoms with Crippen molar-refractivity contribution in [2.75, 3.05) is 22.9 Å². The Balaban J connectivity index is 1.91. The highest BCUT2D eigenvalue weighted by Gasteiger charge is 2.32. The molecule has 1 aliphatic rings. The first kappa shape index (κ1) is 22.4. The van der Waals surface area contributed by atoms with Crippen LogP contribution in [0.1, 0.15) is 18.4 Å². The van der Waals surface area contributed by atoms with Crippen LogP contribution in [0.5, 0.6) is 0 Å². The number of nitriles is 1. The average Bonchev–Trinajstić information content (AvgIpc) is 3.63. The maximum absolute atomic E-state index is 14.9. The Hall–Kier alpha value is -4.37. The van der Waals surface area contributed by atoms with Gasteiger partial charge in [0.1, 0.15) is 34.6 Å². The van der Waals surface area contributed by atoms with E-state index >= 15 is 0 Å². The van der Waals surface area contributed by atoms with Crippen LogP contribution in [-0.2, 0) is 0 Å². The summed E-state index contributed by atoms with van der Waals surface area (Å²) in [7, 11) is 0. The van der Waals surface area contributed by atoms with Gasteiger partial charge in [-0.15, -0.1) is 0 Å². The maximum atomic E-state index is 14.9. The molecule has 1 aliphatic carbocycles. The Bertz CT molecular complexity index is 1600. The van der Waals surface area contributed by atoms with Crippen LogP contribution in [0.3, 0.4) is 0 Å². The van der Waals surface area contributed by atoms with E-state index in [0.717, 1.165) is 35.7 Å². The first-order valence-corrected chi connectivity index (χ1v) is 10.8. The van der Waals surface area contributed by atoms with Crippen molar-refractivity contribution in [2.24, 2.45) is 5.92 Å². The van der Waals surface area contributed by atoms with Crippen molar-refractivity contribution in [1.29, 1.82) is 5.26 Å². The topological polar surface area (TPSA) is 153 Å². The minimum atomic E-state index is -0.791. The van der Waals surface area contributed by atoms with Gasteiger partial charge < -0.3 is 11.5 Å². The number of anilines is 4. The normalized spacial score (nSPS) is 13.1. The molecule has 13 heteroatoms. The molecule has 0 atom stereocenters. The zero-order valence-electron chi connectivity index (χ0n) is 17.9. The van der Waals surface area contributed by atoms with Crippen LogP contribution < -0.4 is 21.9 Å². The number of aromatic nitrogens is 5. The summed E-state index contributed by atoms with van der Waals surface area (Å²) in [4.78, 5) is 31.4. The van der Waals surface area contributed by atoms with E-state index in [4.69, 9.17) is 23.1 Å². The number of halogens is 3. The monoisotopic (exact) mass is 495 g/mol. The molecular formula is C22H16ClF2N9O. The molecule has 0 bridgehead atoms. The Morgan fingerprint density at radius 1 is 1.20 bits per heavy atom. The third-order valence-electron chi connectivity index (χ3n) is 5.54. The fourth-order valence-electron chi connectivity index (χ4n) is 3.75. The molecule has 10 nitrogen and oxygen atoms in total. The first-order chi connectivity index (χ1) is 16.8. The van der Waals surface area contributed by atoms with Gasteiger partial charge in [0.05, 0.1) is 28.5 Å². The van der Waals surface area contributed by atoms with E-state index in [1.807, 2.05) is 6.07 Å². The number of nitrogen functional groups attached to an aromatic ring is 2. The van der Waals surface area contributed by atoms with Gasteiger partial charge in [-0.1, -0.05) is 11.6 Å². The number of nitrogens with two attached hydrogens (primary N) is 2. The standard InChI is InChI=1S/C22H16ClF2N9O/c23-14-3-4-15(25)17-16(14)20(35)34(12-5-11(24)7-29-8-12)22(30-17)33(9-10-1-2-10)19-13(6-26)18(27)31-21(28)32-19/h3-5,7-8,10H,1-2,9H2,(H4,27,28,31,32). The highest BCUT2D eigenvalue weighted by molar-refractivity contribution is 6.35. The molecule has 4 N–H and O–H groups in total. The fraction of sp³-hybridized carbons (Fsp3) is 0.182. The second kappa shape index (κ2) is 8.44. The number of pyridine rings is 1. The molecular weight excluding hydrogens is 480 g/mol. The largest absolute Gasteiger partial charge is 0.382 e. The van der Waals surface area contributed by atoms with Crippen LogP contribution in [0.4, 0.5) is 32.3 Å². The van der Waals surface area contributed by atoms with Crippen LogP contribution in [0, 0.1) is 28.9 Å². The van der Waals surface area contributed by atoms with Crippen molar-refractivity contribution in [3.63, 3.8) is 0 Å². The van der Waals surface area contributed by atoms with E-state index in [9.17, 15) is 18.8 Å². The molecule has 3 aromatic heterocycles. The predicted octanol–water partition coefficient (Wildman–Crippen LogP) is 3.09. The minimum absolute atomic E-state index is 0.00836. The van der Waals surface area contributed by atoms with Crippen LogP contribution >= 0.6 is 11.6 Å². The first-order valence-electron chi connectivity index (χ1n) is 10.4. The summed E-state index contributed by atoms with van der Waals surface area (Å²) in [5, 5.41) is 9.52. The van der Waals surface area contributed by atoms with E-state index in [1.54, 1.807) is 0 Å². The van der Waals surface area contributed by atoms with Gasteiger partial charge in [-0.05, 0) is 30.9 Å². The van der Waals surface area contributed by atoms with Crippen molar-refractivity contribution in [2.45, 2.75) is 12.8 Å². The molecule has 1 aromatic carbocycles. The van der Waals surface area contributed by atoms with Gasteiger partial charge in [-0.25, -0.2) is 18.3 Å². The van der Waals surface area contributed by atoms with Gasteiger partial charge in [0, 0.05) is 12.6 Å². The number of benzene rings is 1. The summed E-state index contributed by atoms with van der Waals surface area (Å²) in [6.45, 7) is 0.244. The van der Waals surface area contributed by atoms with Crippen molar-refractivity contribution in [1.82, 2.24) is 24.5 Å². The third kappa shape index (κ3) is 3.95.